The minimum Gasteiger partial charge on any atom is -0.490 e. The van der Waals surface area contributed by atoms with Gasteiger partial charge in [0.2, 0.25) is 0 Å². The van der Waals surface area contributed by atoms with Crippen LogP contribution in [0.1, 0.15) is 50.1 Å². The number of ether oxygens (including phenoxy) is 2. The SMILES string of the molecule is CNC(CCC1CCCO1)c1cccc(OC2CC2)c1. The number of hydrogen-bond donors (Lipinski definition) is 1. The minimum atomic E-state index is 0.391. The van der Waals surface area contributed by atoms with Gasteiger partial charge in [-0.3, -0.25) is 0 Å². The first-order valence-corrected chi connectivity index (χ1v) is 7.90. The van der Waals surface area contributed by atoms with Crippen LogP contribution >= 0.6 is 0 Å². The summed E-state index contributed by atoms with van der Waals surface area (Å²) in [5.74, 6) is 1.02. The van der Waals surface area contributed by atoms with Crippen molar-refractivity contribution in [3.05, 3.63) is 29.8 Å². The molecule has 0 aromatic heterocycles. The van der Waals surface area contributed by atoms with E-state index in [1.165, 1.54) is 31.2 Å². The Kier molecular flexibility index (Phi) is 4.58. The molecule has 0 amide bonds. The lowest BCUT2D eigenvalue weighted by atomic mass is 9.99. The van der Waals surface area contributed by atoms with Crippen LogP contribution in [0.5, 0.6) is 5.75 Å². The van der Waals surface area contributed by atoms with Crippen molar-refractivity contribution < 1.29 is 9.47 Å². The Morgan fingerprint density at radius 1 is 1.35 bits per heavy atom. The van der Waals surface area contributed by atoms with Crippen molar-refractivity contribution in [3.63, 3.8) is 0 Å². The van der Waals surface area contributed by atoms with E-state index in [9.17, 15) is 0 Å². The fourth-order valence-corrected chi connectivity index (χ4v) is 2.89. The van der Waals surface area contributed by atoms with Crippen molar-refractivity contribution >= 4 is 0 Å². The zero-order valence-corrected chi connectivity index (χ0v) is 12.3. The summed E-state index contributed by atoms with van der Waals surface area (Å²) < 4.78 is 11.6. The van der Waals surface area contributed by atoms with Crippen LogP contribution in [0.3, 0.4) is 0 Å². The van der Waals surface area contributed by atoms with Crippen LogP contribution in [0, 0.1) is 0 Å². The van der Waals surface area contributed by atoms with Gasteiger partial charge in [-0.15, -0.1) is 0 Å². The molecule has 1 aromatic rings. The molecular weight excluding hydrogens is 250 g/mol. The van der Waals surface area contributed by atoms with Crippen molar-refractivity contribution in [1.29, 1.82) is 0 Å². The fraction of sp³-hybridized carbons (Fsp3) is 0.647. The quantitative estimate of drug-likeness (QED) is 0.827. The van der Waals surface area contributed by atoms with Crippen LogP contribution in [-0.2, 0) is 4.74 Å². The van der Waals surface area contributed by atoms with Gasteiger partial charge in [0.15, 0.2) is 0 Å². The van der Waals surface area contributed by atoms with Crippen molar-refractivity contribution in [2.24, 2.45) is 0 Å². The van der Waals surface area contributed by atoms with Gasteiger partial charge in [-0.25, -0.2) is 0 Å². The molecule has 2 unspecified atom stereocenters. The van der Waals surface area contributed by atoms with Crippen molar-refractivity contribution in [2.75, 3.05) is 13.7 Å². The maximum atomic E-state index is 5.89. The highest BCUT2D eigenvalue weighted by Crippen LogP contribution is 2.30. The van der Waals surface area contributed by atoms with Gasteiger partial charge in [0.25, 0.3) is 0 Å². The van der Waals surface area contributed by atoms with E-state index in [-0.39, 0.29) is 0 Å². The van der Waals surface area contributed by atoms with Crippen molar-refractivity contribution in [2.45, 2.75) is 56.8 Å². The van der Waals surface area contributed by atoms with E-state index < -0.39 is 0 Å². The Hall–Kier alpha value is -1.06. The fourth-order valence-electron chi connectivity index (χ4n) is 2.89. The van der Waals surface area contributed by atoms with Crippen molar-refractivity contribution in [1.82, 2.24) is 5.32 Å². The summed E-state index contributed by atoms with van der Waals surface area (Å²) in [4.78, 5) is 0. The Morgan fingerprint density at radius 2 is 2.25 bits per heavy atom. The van der Waals surface area contributed by atoms with Gasteiger partial charge in [-0.2, -0.15) is 0 Å². The molecule has 3 heteroatoms. The number of rotatable bonds is 7. The topological polar surface area (TPSA) is 30.5 Å². The second kappa shape index (κ2) is 6.59. The summed E-state index contributed by atoms with van der Waals surface area (Å²) in [7, 11) is 2.04. The maximum absolute atomic E-state index is 5.89. The molecule has 110 valence electrons. The number of hydrogen-bond acceptors (Lipinski definition) is 3. The summed E-state index contributed by atoms with van der Waals surface area (Å²) in [6.45, 7) is 0.944. The molecule has 0 bridgehead atoms. The smallest absolute Gasteiger partial charge is 0.120 e. The zero-order chi connectivity index (χ0) is 13.8. The average molecular weight is 275 g/mol. The number of benzene rings is 1. The third-order valence-electron chi connectivity index (χ3n) is 4.24. The predicted octanol–water partition coefficient (Wildman–Crippen LogP) is 3.45. The average Bonchev–Trinajstić information content (AvgIpc) is 3.13. The van der Waals surface area contributed by atoms with E-state index in [2.05, 4.69) is 29.6 Å². The normalized spacial score (nSPS) is 23.8. The molecule has 2 fully saturated rings. The van der Waals surface area contributed by atoms with Crippen molar-refractivity contribution in [3.8, 4) is 5.75 Å². The molecule has 20 heavy (non-hydrogen) atoms. The highest BCUT2D eigenvalue weighted by Gasteiger charge is 2.24. The largest absolute Gasteiger partial charge is 0.490 e. The van der Waals surface area contributed by atoms with Gasteiger partial charge in [0.1, 0.15) is 5.75 Å². The lowest BCUT2D eigenvalue weighted by molar-refractivity contribution is 0.0998. The molecule has 1 aliphatic heterocycles. The van der Waals surface area contributed by atoms with Crippen LogP contribution in [-0.4, -0.2) is 25.9 Å². The van der Waals surface area contributed by atoms with E-state index in [4.69, 9.17) is 9.47 Å². The summed E-state index contributed by atoms with van der Waals surface area (Å²) >= 11 is 0. The molecule has 0 radical (unpaired) electrons. The standard InChI is InChI=1S/C17H25NO2/c1-18-17(10-9-14-6-3-11-19-14)13-4-2-5-16(12-13)20-15-7-8-15/h2,4-5,12,14-15,17-18H,3,6-11H2,1H3. The molecule has 1 saturated carbocycles. The molecule has 1 aromatic carbocycles. The molecule has 3 rings (SSSR count). The van der Waals surface area contributed by atoms with Gasteiger partial charge in [0.05, 0.1) is 12.2 Å². The monoisotopic (exact) mass is 275 g/mol. The second-order valence-electron chi connectivity index (χ2n) is 5.94. The number of nitrogens with one attached hydrogen (secondary N) is 1. The van der Waals surface area contributed by atoms with Crippen LogP contribution < -0.4 is 10.1 Å². The van der Waals surface area contributed by atoms with Gasteiger partial charge in [-0.1, -0.05) is 12.1 Å². The molecule has 1 aliphatic carbocycles. The van der Waals surface area contributed by atoms with Gasteiger partial charge in [-0.05, 0) is 63.3 Å². The van der Waals surface area contributed by atoms with E-state index >= 15 is 0 Å². The van der Waals surface area contributed by atoms with Crippen LogP contribution in [0.2, 0.25) is 0 Å². The van der Waals surface area contributed by atoms with E-state index in [1.807, 2.05) is 7.05 Å². The molecule has 1 heterocycles. The predicted molar refractivity (Wildman–Crippen MR) is 80.1 cm³/mol. The van der Waals surface area contributed by atoms with Gasteiger partial charge < -0.3 is 14.8 Å². The Bertz CT molecular complexity index is 425. The first-order valence-electron chi connectivity index (χ1n) is 7.90. The van der Waals surface area contributed by atoms with Gasteiger partial charge in [0, 0.05) is 12.6 Å². The Morgan fingerprint density at radius 3 is 2.95 bits per heavy atom. The molecule has 2 aliphatic rings. The third kappa shape index (κ3) is 3.74. The summed E-state index contributed by atoms with van der Waals surface area (Å²) in [6, 6.07) is 8.94. The van der Waals surface area contributed by atoms with Crippen LogP contribution in [0.15, 0.2) is 24.3 Å². The van der Waals surface area contributed by atoms with E-state index in [0.717, 1.165) is 25.2 Å². The Balaban J connectivity index is 1.58. The second-order valence-corrected chi connectivity index (χ2v) is 5.94. The summed E-state index contributed by atoms with van der Waals surface area (Å²) in [5, 5.41) is 3.43. The molecular formula is C17H25NO2. The van der Waals surface area contributed by atoms with Gasteiger partial charge >= 0.3 is 0 Å². The molecule has 2 atom stereocenters. The lowest BCUT2D eigenvalue weighted by Crippen LogP contribution is -2.18. The molecule has 1 N–H and O–H groups in total. The molecule has 1 saturated heterocycles. The van der Waals surface area contributed by atoms with E-state index in [0.29, 0.717) is 18.2 Å². The lowest BCUT2D eigenvalue weighted by Gasteiger charge is -2.19. The molecule has 0 spiro atoms. The molecule has 3 nitrogen and oxygen atoms in total. The summed E-state index contributed by atoms with van der Waals surface area (Å²) in [6.07, 6.45) is 8.05. The van der Waals surface area contributed by atoms with Crippen LogP contribution in [0.4, 0.5) is 0 Å². The van der Waals surface area contributed by atoms with E-state index in [1.54, 1.807) is 0 Å². The maximum Gasteiger partial charge on any atom is 0.120 e. The van der Waals surface area contributed by atoms with Crippen LogP contribution in [0.25, 0.3) is 0 Å². The highest BCUT2D eigenvalue weighted by molar-refractivity contribution is 5.31. The summed E-state index contributed by atoms with van der Waals surface area (Å²) in [5.41, 5.74) is 1.32. The Labute approximate surface area is 121 Å². The first kappa shape index (κ1) is 13.9. The zero-order valence-electron chi connectivity index (χ0n) is 12.3. The highest BCUT2D eigenvalue weighted by atomic mass is 16.5. The first-order chi connectivity index (χ1) is 9.85. The minimum absolute atomic E-state index is 0.391. The third-order valence-corrected chi connectivity index (χ3v) is 4.24.